The number of rotatable bonds is 9. The fourth-order valence-electron chi connectivity index (χ4n) is 3.37. The molecule has 0 aromatic heterocycles. The van der Waals surface area contributed by atoms with Gasteiger partial charge in [-0.15, -0.1) is 0 Å². The zero-order valence-electron chi connectivity index (χ0n) is 15.8. The molecule has 1 saturated heterocycles. The number of nitrogens with one attached hydrogen (secondary N) is 2. The molecule has 1 aliphatic carbocycles. The average Bonchev–Trinajstić information content (AvgIpc) is 3.52. The highest BCUT2D eigenvalue weighted by Gasteiger charge is 2.34. The third kappa shape index (κ3) is 6.57. The van der Waals surface area contributed by atoms with Gasteiger partial charge >= 0.3 is 0 Å². The van der Waals surface area contributed by atoms with E-state index in [1.807, 2.05) is 6.08 Å². The highest BCUT2D eigenvalue weighted by molar-refractivity contribution is 5.81. The Morgan fingerprint density at radius 2 is 1.96 bits per heavy atom. The molecule has 0 aromatic rings. The summed E-state index contributed by atoms with van der Waals surface area (Å²) in [6.07, 6.45) is 5.73. The first-order valence-corrected chi connectivity index (χ1v) is 9.97. The molecule has 3 rings (SSSR count). The van der Waals surface area contributed by atoms with Gasteiger partial charge < -0.3 is 25.2 Å². The van der Waals surface area contributed by atoms with Crippen molar-refractivity contribution < 1.29 is 24.2 Å². The van der Waals surface area contributed by atoms with Gasteiger partial charge in [-0.2, -0.15) is 0 Å². The zero-order valence-corrected chi connectivity index (χ0v) is 15.8. The molecule has 2 aliphatic heterocycles. The van der Waals surface area contributed by atoms with Crippen molar-refractivity contribution in [3.8, 4) is 0 Å². The van der Waals surface area contributed by atoms with E-state index in [2.05, 4.69) is 15.5 Å². The molecule has 1 saturated carbocycles. The van der Waals surface area contributed by atoms with Crippen LogP contribution >= 0.6 is 0 Å². The summed E-state index contributed by atoms with van der Waals surface area (Å²) in [5.74, 6) is 0.0608. The van der Waals surface area contributed by atoms with E-state index in [4.69, 9.17) is 9.47 Å². The molecule has 2 fully saturated rings. The molecule has 0 spiro atoms. The van der Waals surface area contributed by atoms with E-state index in [1.165, 1.54) is 0 Å². The molecule has 0 bridgehead atoms. The SMILES string of the molecule is O=C(C[C@@H]1C=C[C@H](NC(=O)C2CC2)[C@@H](CO)O1)NCCCN1CCOCC1. The summed E-state index contributed by atoms with van der Waals surface area (Å²) in [6, 6.07) is -0.337. The molecule has 2 amide bonds. The van der Waals surface area contributed by atoms with E-state index < -0.39 is 6.10 Å². The van der Waals surface area contributed by atoms with E-state index in [-0.39, 0.29) is 42.9 Å². The maximum Gasteiger partial charge on any atom is 0.223 e. The minimum absolute atomic E-state index is 0.0168. The van der Waals surface area contributed by atoms with Gasteiger partial charge in [0.05, 0.1) is 38.4 Å². The second-order valence-electron chi connectivity index (χ2n) is 7.45. The largest absolute Gasteiger partial charge is 0.394 e. The lowest BCUT2D eigenvalue weighted by Gasteiger charge is -2.31. The van der Waals surface area contributed by atoms with Crippen LogP contribution in [0.4, 0.5) is 0 Å². The first-order chi connectivity index (χ1) is 13.2. The van der Waals surface area contributed by atoms with Gasteiger partial charge in [0, 0.05) is 25.6 Å². The second-order valence-corrected chi connectivity index (χ2v) is 7.45. The number of nitrogens with zero attached hydrogens (tertiary/aromatic N) is 1. The van der Waals surface area contributed by atoms with Crippen LogP contribution in [0, 0.1) is 5.92 Å². The van der Waals surface area contributed by atoms with Crippen molar-refractivity contribution in [1.29, 1.82) is 0 Å². The van der Waals surface area contributed by atoms with Gasteiger partial charge in [0.2, 0.25) is 11.8 Å². The van der Waals surface area contributed by atoms with Gasteiger partial charge in [0.25, 0.3) is 0 Å². The topological polar surface area (TPSA) is 100 Å². The third-order valence-electron chi connectivity index (χ3n) is 5.18. The number of amides is 2. The molecule has 3 N–H and O–H groups in total. The zero-order chi connectivity index (χ0) is 19.1. The molecule has 3 aliphatic rings. The minimum atomic E-state index is -0.517. The smallest absolute Gasteiger partial charge is 0.223 e. The first kappa shape index (κ1) is 20.3. The molecule has 0 radical (unpaired) electrons. The fraction of sp³-hybridized carbons (Fsp3) is 0.789. The molecule has 3 atom stereocenters. The minimum Gasteiger partial charge on any atom is -0.394 e. The predicted molar refractivity (Wildman–Crippen MR) is 99.0 cm³/mol. The van der Waals surface area contributed by atoms with Crippen molar-refractivity contribution in [3.05, 3.63) is 12.2 Å². The maximum absolute atomic E-state index is 12.1. The fourth-order valence-corrected chi connectivity index (χ4v) is 3.37. The lowest BCUT2D eigenvalue weighted by Crippen LogP contribution is -2.49. The Hall–Kier alpha value is -1.48. The molecule has 27 heavy (non-hydrogen) atoms. The standard InChI is InChI=1S/C19H31N3O5/c23-13-17-16(21-19(25)14-2-3-14)5-4-15(27-17)12-18(24)20-6-1-7-22-8-10-26-11-9-22/h4-5,14-17,23H,1-3,6-13H2,(H,20,24)(H,21,25)/t15-,16-,17+/m0/s1. The van der Waals surface area contributed by atoms with Crippen LogP contribution < -0.4 is 10.6 Å². The van der Waals surface area contributed by atoms with Crippen LogP contribution in [0.2, 0.25) is 0 Å². The van der Waals surface area contributed by atoms with Crippen molar-refractivity contribution in [1.82, 2.24) is 15.5 Å². The molecule has 8 heteroatoms. The van der Waals surface area contributed by atoms with E-state index in [0.29, 0.717) is 6.54 Å². The summed E-state index contributed by atoms with van der Waals surface area (Å²) >= 11 is 0. The summed E-state index contributed by atoms with van der Waals surface area (Å²) < 4.78 is 11.1. The van der Waals surface area contributed by atoms with Gasteiger partial charge in [0.15, 0.2) is 0 Å². The van der Waals surface area contributed by atoms with Crippen LogP contribution in [0.3, 0.4) is 0 Å². The van der Waals surface area contributed by atoms with Crippen LogP contribution in [0.1, 0.15) is 25.7 Å². The van der Waals surface area contributed by atoms with Gasteiger partial charge in [-0.1, -0.05) is 12.2 Å². The van der Waals surface area contributed by atoms with E-state index in [0.717, 1.165) is 52.1 Å². The number of aliphatic hydroxyl groups excluding tert-OH is 1. The van der Waals surface area contributed by atoms with Crippen LogP contribution in [0.25, 0.3) is 0 Å². The number of aliphatic hydroxyl groups is 1. The summed E-state index contributed by atoms with van der Waals surface area (Å²) in [4.78, 5) is 26.4. The number of hydrogen-bond acceptors (Lipinski definition) is 6. The summed E-state index contributed by atoms with van der Waals surface area (Å²) in [5, 5.41) is 15.4. The van der Waals surface area contributed by atoms with E-state index >= 15 is 0 Å². The Kier molecular flexibility index (Phi) is 7.63. The van der Waals surface area contributed by atoms with Crippen molar-refractivity contribution in [2.24, 2.45) is 5.92 Å². The van der Waals surface area contributed by atoms with Crippen molar-refractivity contribution in [2.75, 3.05) is 46.0 Å². The number of carbonyl (C=O) groups excluding carboxylic acids is 2. The first-order valence-electron chi connectivity index (χ1n) is 9.97. The Morgan fingerprint density at radius 3 is 2.67 bits per heavy atom. The molecule has 8 nitrogen and oxygen atoms in total. The lowest BCUT2D eigenvalue weighted by molar-refractivity contribution is -0.128. The van der Waals surface area contributed by atoms with Gasteiger partial charge in [0.1, 0.15) is 6.10 Å². The third-order valence-corrected chi connectivity index (χ3v) is 5.18. The predicted octanol–water partition coefficient (Wildman–Crippen LogP) is -0.574. The number of morpholine rings is 1. The normalized spacial score (nSPS) is 28.7. The molecular formula is C19H31N3O5. The molecule has 2 heterocycles. The lowest BCUT2D eigenvalue weighted by atomic mass is 10.0. The van der Waals surface area contributed by atoms with Crippen LogP contribution in [-0.4, -0.2) is 86.1 Å². The van der Waals surface area contributed by atoms with Crippen LogP contribution in [-0.2, 0) is 19.1 Å². The molecule has 0 aromatic carbocycles. The number of carbonyl (C=O) groups is 2. The van der Waals surface area contributed by atoms with Gasteiger partial charge in [-0.05, 0) is 25.8 Å². The van der Waals surface area contributed by atoms with Gasteiger partial charge in [-0.25, -0.2) is 0 Å². The van der Waals surface area contributed by atoms with Crippen molar-refractivity contribution in [2.45, 2.75) is 43.9 Å². The summed E-state index contributed by atoms with van der Waals surface area (Å²) in [5.41, 5.74) is 0. The highest BCUT2D eigenvalue weighted by Crippen LogP contribution is 2.29. The number of ether oxygens (including phenoxy) is 2. The van der Waals surface area contributed by atoms with E-state index in [9.17, 15) is 14.7 Å². The summed E-state index contributed by atoms with van der Waals surface area (Å²) in [6.45, 7) is 4.87. The van der Waals surface area contributed by atoms with Crippen molar-refractivity contribution >= 4 is 11.8 Å². The second kappa shape index (κ2) is 10.2. The molecular weight excluding hydrogens is 350 g/mol. The Labute approximate surface area is 160 Å². The Bertz CT molecular complexity index is 531. The summed E-state index contributed by atoms with van der Waals surface area (Å²) in [7, 11) is 0. The molecule has 152 valence electrons. The Morgan fingerprint density at radius 1 is 1.19 bits per heavy atom. The number of hydrogen-bond donors (Lipinski definition) is 3. The van der Waals surface area contributed by atoms with Gasteiger partial charge in [-0.3, -0.25) is 14.5 Å². The monoisotopic (exact) mass is 381 g/mol. The Balaban J connectivity index is 1.34. The highest BCUT2D eigenvalue weighted by atomic mass is 16.5. The van der Waals surface area contributed by atoms with Crippen LogP contribution in [0.15, 0.2) is 12.2 Å². The van der Waals surface area contributed by atoms with E-state index in [1.54, 1.807) is 6.08 Å². The average molecular weight is 381 g/mol. The van der Waals surface area contributed by atoms with Crippen molar-refractivity contribution in [3.63, 3.8) is 0 Å². The quantitative estimate of drug-likeness (QED) is 0.365. The maximum atomic E-state index is 12.1. The molecule has 0 unspecified atom stereocenters. The van der Waals surface area contributed by atoms with Crippen LogP contribution in [0.5, 0.6) is 0 Å².